The molecule has 0 aromatic carbocycles. The molecule has 19 heavy (non-hydrogen) atoms. The van der Waals surface area contributed by atoms with Crippen LogP contribution in [0.1, 0.15) is 59.8 Å². The summed E-state index contributed by atoms with van der Waals surface area (Å²) in [7, 11) is 0. The van der Waals surface area contributed by atoms with Gasteiger partial charge in [-0.2, -0.15) is 0 Å². The van der Waals surface area contributed by atoms with E-state index >= 15 is 0 Å². The Kier molecular flexibility index (Phi) is 9.00. The normalized spacial score (nSPS) is 13.9. The van der Waals surface area contributed by atoms with Gasteiger partial charge in [-0.25, -0.2) is 4.79 Å². The maximum absolute atomic E-state index is 11.7. The van der Waals surface area contributed by atoms with Crippen molar-refractivity contribution in [3.8, 4) is 0 Å². The predicted octanol–water partition coefficient (Wildman–Crippen LogP) is 2.75. The molecule has 0 spiro atoms. The standard InChI is InChI=1S/C14H28N2O3/c1-10(2)8-9-12(4)16-14(19)15-11(3)6-5-7-13(17)18/h10-12H,5-9H2,1-4H3,(H,17,18)(H2,15,16,19). The zero-order valence-corrected chi connectivity index (χ0v) is 12.5. The minimum absolute atomic E-state index is 0.00310. The molecule has 0 aliphatic carbocycles. The quantitative estimate of drug-likeness (QED) is 0.604. The summed E-state index contributed by atoms with van der Waals surface area (Å²) in [5.74, 6) is -0.152. The van der Waals surface area contributed by atoms with Gasteiger partial charge in [0.25, 0.3) is 0 Å². The van der Waals surface area contributed by atoms with Gasteiger partial charge in [0, 0.05) is 18.5 Å². The van der Waals surface area contributed by atoms with E-state index in [2.05, 4.69) is 24.5 Å². The average molecular weight is 272 g/mol. The van der Waals surface area contributed by atoms with Crippen LogP contribution in [0.15, 0.2) is 0 Å². The molecule has 2 unspecified atom stereocenters. The molecule has 0 saturated heterocycles. The highest BCUT2D eigenvalue weighted by molar-refractivity contribution is 5.74. The molecular formula is C14H28N2O3. The van der Waals surface area contributed by atoms with Crippen LogP contribution in [0.5, 0.6) is 0 Å². The van der Waals surface area contributed by atoms with Crippen LogP contribution in [0.3, 0.4) is 0 Å². The molecule has 0 aliphatic heterocycles. The first-order chi connectivity index (χ1) is 8.81. The number of urea groups is 1. The van der Waals surface area contributed by atoms with Gasteiger partial charge in [-0.15, -0.1) is 0 Å². The average Bonchev–Trinajstić information content (AvgIpc) is 2.25. The second-order valence-corrected chi connectivity index (χ2v) is 5.68. The smallest absolute Gasteiger partial charge is 0.315 e. The van der Waals surface area contributed by atoms with Gasteiger partial charge in [0.15, 0.2) is 0 Å². The van der Waals surface area contributed by atoms with Gasteiger partial charge in [-0.3, -0.25) is 4.79 Å². The van der Waals surface area contributed by atoms with E-state index in [0.717, 1.165) is 12.8 Å². The summed E-state index contributed by atoms with van der Waals surface area (Å²) in [6.07, 6.45) is 3.48. The molecule has 0 saturated carbocycles. The zero-order valence-electron chi connectivity index (χ0n) is 12.5. The van der Waals surface area contributed by atoms with Gasteiger partial charge in [0.05, 0.1) is 0 Å². The Morgan fingerprint density at radius 3 is 1.95 bits per heavy atom. The Morgan fingerprint density at radius 2 is 1.47 bits per heavy atom. The van der Waals surface area contributed by atoms with Crippen molar-refractivity contribution in [1.29, 1.82) is 0 Å². The number of carboxylic acids is 1. The third-order valence-corrected chi connectivity index (χ3v) is 2.96. The third-order valence-electron chi connectivity index (χ3n) is 2.96. The lowest BCUT2D eigenvalue weighted by atomic mass is 10.0. The van der Waals surface area contributed by atoms with Crippen LogP contribution in [-0.4, -0.2) is 29.2 Å². The first kappa shape index (κ1) is 17.7. The maximum Gasteiger partial charge on any atom is 0.315 e. The van der Waals surface area contributed by atoms with E-state index in [1.54, 1.807) is 0 Å². The summed E-state index contributed by atoms with van der Waals surface area (Å²) in [5, 5.41) is 14.3. The van der Waals surface area contributed by atoms with Gasteiger partial charge < -0.3 is 15.7 Å². The van der Waals surface area contributed by atoms with Crippen LogP contribution >= 0.6 is 0 Å². The van der Waals surface area contributed by atoms with Crippen molar-refractivity contribution in [2.45, 2.75) is 71.9 Å². The second kappa shape index (κ2) is 9.64. The SMILES string of the molecule is CC(C)CCC(C)NC(=O)NC(C)CCCC(=O)O. The molecule has 0 bridgehead atoms. The number of amides is 2. The van der Waals surface area contributed by atoms with Crippen molar-refractivity contribution >= 4 is 12.0 Å². The molecule has 0 aliphatic rings. The number of carbonyl (C=O) groups excluding carboxylic acids is 1. The molecule has 0 radical (unpaired) electrons. The highest BCUT2D eigenvalue weighted by Gasteiger charge is 2.11. The van der Waals surface area contributed by atoms with Crippen LogP contribution in [-0.2, 0) is 4.79 Å². The van der Waals surface area contributed by atoms with E-state index in [1.807, 2.05) is 13.8 Å². The Labute approximate surface area is 116 Å². The monoisotopic (exact) mass is 272 g/mol. The van der Waals surface area contributed by atoms with Crippen LogP contribution in [0.2, 0.25) is 0 Å². The highest BCUT2D eigenvalue weighted by atomic mass is 16.4. The molecular weight excluding hydrogens is 244 g/mol. The van der Waals surface area contributed by atoms with Crippen LogP contribution in [0.25, 0.3) is 0 Å². The summed E-state index contributed by atoms with van der Waals surface area (Å²) >= 11 is 0. The van der Waals surface area contributed by atoms with E-state index < -0.39 is 5.97 Å². The molecule has 0 aromatic rings. The summed E-state index contributed by atoms with van der Waals surface area (Å²) < 4.78 is 0. The lowest BCUT2D eigenvalue weighted by Gasteiger charge is -2.18. The molecule has 0 fully saturated rings. The van der Waals surface area contributed by atoms with Crippen LogP contribution in [0.4, 0.5) is 4.79 Å². The Bertz CT molecular complexity index is 280. The lowest BCUT2D eigenvalue weighted by Crippen LogP contribution is -2.44. The van der Waals surface area contributed by atoms with Gasteiger partial charge in [0.2, 0.25) is 0 Å². The van der Waals surface area contributed by atoms with Gasteiger partial charge in [-0.05, 0) is 45.4 Å². The second-order valence-electron chi connectivity index (χ2n) is 5.68. The fraction of sp³-hybridized carbons (Fsp3) is 0.857. The van der Waals surface area contributed by atoms with Crippen LogP contribution < -0.4 is 10.6 Å². The van der Waals surface area contributed by atoms with Crippen molar-refractivity contribution < 1.29 is 14.7 Å². The third kappa shape index (κ3) is 11.6. The van der Waals surface area contributed by atoms with Gasteiger partial charge >= 0.3 is 12.0 Å². The minimum Gasteiger partial charge on any atom is -0.481 e. The van der Waals surface area contributed by atoms with Crippen molar-refractivity contribution in [1.82, 2.24) is 10.6 Å². The molecule has 0 heterocycles. The fourth-order valence-electron chi connectivity index (χ4n) is 1.78. The summed E-state index contributed by atoms with van der Waals surface area (Å²) in [6.45, 7) is 8.21. The summed E-state index contributed by atoms with van der Waals surface area (Å²) in [4.78, 5) is 22.0. The molecule has 3 N–H and O–H groups in total. The summed E-state index contributed by atoms with van der Waals surface area (Å²) in [5.41, 5.74) is 0. The number of hydrogen-bond acceptors (Lipinski definition) is 2. The van der Waals surface area contributed by atoms with Crippen molar-refractivity contribution in [2.75, 3.05) is 0 Å². The fourth-order valence-corrected chi connectivity index (χ4v) is 1.78. The lowest BCUT2D eigenvalue weighted by molar-refractivity contribution is -0.137. The van der Waals surface area contributed by atoms with Crippen molar-refractivity contribution in [3.63, 3.8) is 0 Å². The largest absolute Gasteiger partial charge is 0.481 e. The Balaban J connectivity index is 3.74. The molecule has 0 rings (SSSR count). The first-order valence-corrected chi connectivity index (χ1v) is 7.10. The van der Waals surface area contributed by atoms with Gasteiger partial charge in [-0.1, -0.05) is 13.8 Å². The first-order valence-electron chi connectivity index (χ1n) is 7.10. The Morgan fingerprint density at radius 1 is 0.947 bits per heavy atom. The van der Waals surface area contributed by atoms with Crippen molar-refractivity contribution in [2.24, 2.45) is 5.92 Å². The minimum atomic E-state index is -0.793. The molecule has 2 amide bonds. The van der Waals surface area contributed by atoms with E-state index in [-0.39, 0.29) is 24.5 Å². The molecule has 5 heteroatoms. The van der Waals surface area contributed by atoms with Crippen molar-refractivity contribution in [3.05, 3.63) is 0 Å². The number of carbonyl (C=O) groups is 2. The molecule has 2 atom stereocenters. The zero-order chi connectivity index (χ0) is 14.8. The predicted molar refractivity (Wildman–Crippen MR) is 76.2 cm³/mol. The molecule has 112 valence electrons. The van der Waals surface area contributed by atoms with E-state index in [1.165, 1.54) is 0 Å². The number of rotatable bonds is 9. The number of nitrogens with one attached hydrogen (secondary N) is 2. The number of hydrogen-bond donors (Lipinski definition) is 3. The topological polar surface area (TPSA) is 78.4 Å². The Hall–Kier alpha value is -1.26. The number of aliphatic carboxylic acids is 1. The highest BCUT2D eigenvalue weighted by Crippen LogP contribution is 2.06. The van der Waals surface area contributed by atoms with Crippen LogP contribution in [0, 0.1) is 5.92 Å². The summed E-state index contributed by atoms with van der Waals surface area (Å²) in [6, 6.07) is -0.00986. The number of carboxylic acid groups (broad SMARTS) is 1. The van der Waals surface area contributed by atoms with E-state index in [9.17, 15) is 9.59 Å². The van der Waals surface area contributed by atoms with E-state index in [0.29, 0.717) is 18.8 Å². The maximum atomic E-state index is 11.7. The molecule has 0 aromatic heterocycles. The van der Waals surface area contributed by atoms with E-state index in [4.69, 9.17) is 5.11 Å². The molecule has 5 nitrogen and oxygen atoms in total. The van der Waals surface area contributed by atoms with Gasteiger partial charge in [0.1, 0.15) is 0 Å².